The molecular weight excluding hydrogens is 246 g/mol. The third kappa shape index (κ3) is 2.42. The standard InChI is InChI=1S/C9H6O4.C5H5N/c10-7-5-3-1-2-4-6(5)8(11)9(7,12)13;1-2-4-6-5-3-1/h1-4,12-13H;1-5H. The average molecular weight is 257 g/mol. The van der Waals surface area contributed by atoms with Crippen molar-refractivity contribution >= 4 is 11.6 Å². The lowest BCUT2D eigenvalue weighted by atomic mass is 10.1. The van der Waals surface area contributed by atoms with E-state index in [-0.39, 0.29) is 11.1 Å². The number of hydrogen-bond donors (Lipinski definition) is 2. The maximum Gasteiger partial charge on any atom is 0.295 e. The molecule has 0 aliphatic heterocycles. The van der Waals surface area contributed by atoms with E-state index in [0.717, 1.165) is 0 Å². The SMILES string of the molecule is O=C1c2ccccc2C(=O)C1(O)O.c1ccncc1. The number of carbonyl (C=O) groups excluding carboxylic acids is 2. The predicted molar refractivity (Wildman–Crippen MR) is 66.5 cm³/mol. The topological polar surface area (TPSA) is 87.5 Å². The van der Waals surface area contributed by atoms with Crippen molar-refractivity contribution in [3.05, 3.63) is 66.0 Å². The first kappa shape index (κ1) is 13.1. The van der Waals surface area contributed by atoms with Gasteiger partial charge in [-0.25, -0.2) is 0 Å². The molecule has 0 fully saturated rings. The second-order valence-electron chi connectivity index (χ2n) is 3.90. The minimum absolute atomic E-state index is 0.0671. The molecular formula is C14H11NO4. The van der Waals surface area contributed by atoms with Gasteiger partial charge in [-0.05, 0) is 12.1 Å². The van der Waals surface area contributed by atoms with Crippen molar-refractivity contribution < 1.29 is 19.8 Å². The van der Waals surface area contributed by atoms with Gasteiger partial charge in [0, 0.05) is 23.5 Å². The number of pyridine rings is 1. The van der Waals surface area contributed by atoms with Crippen LogP contribution in [0.4, 0.5) is 0 Å². The third-order valence-electron chi connectivity index (χ3n) is 2.62. The Hall–Kier alpha value is -2.37. The van der Waals surface area contributed by atoms with Crippen molar-refractivity contribution in [1.82, 2.24) is 4.98 Å². The number of Topliss-reactive ketones (excluding diaryl/α,β-unsaturated/α-hetero) is 2. The van der Waals surface area contributed by atoms with Crippen LogP contribution in [-0.2, 0) is 0 Å². The van der Waals surface area contributed by atoms with E-state index >= 15 is 0 Å². The number of hydrogen-bond acceptors (Lipinski definition) is 5. The maximum atomic E-state index is 11.2. The molecule has 1 aromatic heterocycles. The third-order valence-corrected chi connectivity index (χ3v) is 2.62. The van der Waals surface area contributed by atoms with Crippen molar-refractivity contribution in [1.29, 1.82) is 0 Å². The normalized spacial score (nSPS) is 15.5. The number of aliphatic hydroxyl groups is 2. The number of rotatable bonds is 0. The summed E-state index contributed by atoms with van der Waals surface area (Å²) in [5.74, 6) is -4.76. The summed E-state index contributed by atoms with van der Waals surface area (Å²) in [6.45, 7) is 0. The van der Waals surface area contributed by atoms with E-state index in [2.05, 4.69) is 4.98 Å². The highest BCUT2D eigenvalue weighted by Crippen LogP contribution is 2.27. The Morgan fingerprint density at radius 3 is 1.58 bits per heavy atom. The summed E-state index contributed by atoms with van der Waals surface area (Å²) in [6.07, 6.45) is 3.50. The van der Waals surface area contributed by atoms with Gasteiger partial charge in [0.25, 0.3) is 5.79 Å². The van der Waals surface area contributed by atoms with E-state index in [1.54, 1.807) is 24.5 Å². The van der Waals surface area contributed by atoms with Gasteiger partial charge in [0.15, 0.2) is 0 Å². The second kappa shape index (κ2) is 5.09. The highest BCUT2D eigenvalue weighted by atomic mass is 16.5. The van der Waals surface area contributed by atoms with Crippen LogP contribution < -0.4 is 0 Å². The summed E-state index contributed by atoms with van der Waals surface area (Å²) in [4.78, 5) is 26.2. The van der Waals surface area contributed by atoms with Crippen LogP contribution in [0.1, 0.15) is 20.7 Å². The number of carbonyl (C=O) groups is 2. The van der Waals surface area contributed by atoms with Crippen LogP contribution in [0.5, 0.6) is 0 Å². The Morgan fingerprint density at radius 2 is 1.26 bits per heavy atom. The van der Waals surface area contributed by atoms with Crippen LogP contribution in [0.15, 0.2) is 54.9 Å². The monoisotopic (exact) mass is 257 g/mol. The van der Waals surface area contributed by atoms with E-state index < -0.39 is 17.4 Å². The molecule has 2 aromatic rings. The van der Waals surface area contributed by atoms with Crippen LogP contribution in [0.2, 0.25) is 0 Å². The predicted octanol–water partition coefficient (Wildman–Crippen LogP) is 0.828. The quantitative estimate of drug-likeness (QED) is 0.539. The van der Waals surface area contributed by atoms with Crippen molar-refractivity contribution in [3.63, 3.8) is 0 Å². The van der Waals surface area contributed by atoms with Crippen molar-refractivity contribution in [2.24, 2.45) is 0 Å². The molecule has 2 N–H and O–H groups in total. The van der Waals surface area contributed by atoms with Gasteiger partial charge in [-0.15, -0.1) is 0 Å². The molecule has 5 nitrogen and oxygen atoms in total. The summed E-state index contributed by atoms with van der Waals surface area (Å²) in [6, 6.07) is 11.6. The molecule has 1 aliphatic carbocycles. The fraction of sp³-hybridized carbons (Fsp3) is 0.0714. The molecule has 0 bridgehead atoms. The molecule has 0 unspecified atom stereocenters. The molecule has 96 valence electrons. The second-order valence-corrected chi connectivity index (χ2v) is 3.90. The Labute approximate surface area is 109 Å². The molecule has 0 saturated carbocycles. The zero-order valence-electron chi connectivity index (χ0n) is 9.85. The fourth-order valence-corrected chi connectivity index (χ4v) is 1.67. The number of fused-ring (bicyclic) bond motifs is 1. The van der Waals surface area contributed by atoms with Crippen LogP contribution >= 0.6 is 0 Å². The van der Waals surface area contributed by atoms with Gasteiger partial charge >= 0.3 is 0 Å². The molecule has 5 heteroatoms. The largest absolute Gasteiger partial charge is 0.353 e. The Bertz CT molecular complexity index is 544. The fourth-order valence-electron chi connectivity index (χ4n) is 1.67. The Morgan fingerprint density at radius 1 is 0.789 bits per heavy atom. The van der Waals surface area contributed by atoms with Gasteiger partial charge in [0.2, 0.25) is 11.6 Å². The van der Waals surface area contributed by atoms with Gasteiger partial charge < -0.3 is 10.2 Å². The first-order valence-corrected chi connectivity index (χ1v) is 5.53. The maximum absolute atomic E-state index is 11.2. The Kier molecular flexibility index (Phi) is 3.50. The molecule has 0 atom stereocenters. The van der Waals surface area contributed by atoms with Crippen LogP contribution in [0.25, 0.3) is 0 Å². The summed E-state index contributed by atoms with van der Waals surface area (Å²) in [5.41, 5.74) is 0.134. The van der Waals surface area contributed by atoms with Crippen molar-refractivity contribution in [3.8, 4) is 0 Å². The van der Waals surface area contributed by atoms with E-state index in [4.69, 9.17) is 10.2 Å². The first-order chi connectivity index (χ1) is 9.05. The molecule has 1 heterocycles. The van der Waals surface area contributed by atoms with Crippen molar-refractivity contribution in [2.75, 3.05) is 0 Å². The zero-order valence-corrected chi connectivity index (χ0v) is 9.85. The van der Waals surface area contributed by atoms with E-state index in [9.17, 15) is 9.59 Å². The molecule has 0 spiro atoms. The van der Waals surface area contributed by atoms with Crippen LogP contribution in [0, 0.1) is 0 Å². The lowest BCUT2D eigenvalue weighted by Gasteiger charge is -2.08. The Balaban J connectivity index is 0.000000186. The zero-order chi connectivity index (χ0) is 13.9. The van der Waals surface area contributed by atoms with Crippen LogP contribution in [0.3, 0.4) is 0 Å². The van der Waals surface area contributed by atoms with Crippen LogP contribution in [-0.4, -0.2) is 32.6 Å². The lowest BCUT2D eigenvalue weighted by Crippen LogP contribution is -2.40. The molecule has 0 radical (unpaired) electrons. The number of aromatic nitrogens is 1. The highest BCUT2D eigenvalue weighted by molar-refractivity contribution is 6.30. The molecule has 1 aliphatic rings. The van der Waals surface area contributed by atoms with E-state index in [0.29, 0.717) is 0 Å². The van der Waals surface area contributed by atoms with Gasteiger partial charge in [-0.1, -0.05) is 30.3 Å². The lowest BCUT2D eigenvalue weighted by molar-refractivity contribution is -0.0857. The van der Waals surface area contributed by atoms with Gasteiger partial charge in [-0.3, -0.25) is 14.6 Å². The molecule has 19 heavy (non-hydrogen) atoms. The molecule has 0 saturated heterocycles. The summed E-state index contributed by atoms with van der Waals surface area (Å²) < 4.78 is 0. The highest BCUT2D eigenvalue weighted by Gasteiger charge is 2.50. The minimum Gasteiger partial charge on any atom is -0.353 e. The summed E-state index contributed by atoms with van der Waals surface area (Å²) in [7, 11) is 0. The summed E-state index contributed by atoms with van der Waals surface area (Å²) in [5, 5.41) is 18.2. The average Bonchev–Trinajstić information content (AvgIpc) is 2.64. The number of nitrogens with zero attached hydrogens (tertiary/aromatic N) is 1. The molecule has 1 aromatic carbocycles. The van der Waals surface area contributed by atoms with Crippen molar-refractivity contribution in [2.45, 2.75) is 5.79 Å². The first-order valence-electron chi connectivity index (χ1n) is 5.53. The number of ketones is 2. The number of benzene rings is 1. The van der Waals surface area contributed by atoms with Gasteiger partial charge in [0.05, 0.1) is 0 Å². The van der Waals surface area contributed by atoms with E-state index in [1.165, 1.54) is 12.1 Å². The van der Waals surface area contributed by atoms with Gasteiger partial charge in [0.1, 0.15) is 0 Å². The van der Waals surface area contributed by atoms with Gasteiger partial charge in [-0.2, -0.15) is 0 Å². The van der Waals surface area contributed by atoms with E-state index in [1.807, 2.05) is 18.2 Å². The minimum atomic E-state index is -2.86. The molecule has 0 amide bonds. The molecule has 3 rings (SSSR count). The smallest absolute Gasteiger partial charge is 0.295 e. The summed E-state index contributed by atoms with van der Waals surface area (Å²) >= 11 is 0.